The zero-order valence-corrected chi connectivity index (χ0v) is 6.70. The fourth-order valence-electron chi connectivity index (χ4n) is 1.11. The number of hydrogen-bond acceptors (Lipinski definition) is 6. The Labute approximate surface area is 73.5 Å². The van der Waals surface area contributed by atoms with Crippen LogP contribution >= 0.6 is 0 Å². The maximum absolute atomic E-state index is 5.30. The van der Waals surface area contributed by atoms with Crippen LogP contribution in [0.1, 0.15) is 0 Å². The lowest BCUT2D eigenvalue weighted by molar-refractivity contribution is 1.23. The molecule has 2 heterocycles. The maximum Gasteiger partial charge on any atom is 0.181 e. The third kappa shape index (κ3) is 1.15. The van der Waals surface area contributed by atoms with Crippen molar-refractivity contribution >= 4 is 22.7 Å². The van der Waals surface area contributed by atoms with Gasteiger partial charge < -0.3 is 15.8 Å². The number of pyridine rings is 1. The molecule has 0 spiro atoms. The first-order valence-electron chi connectivity index (χ1n) is 3.62. The van der Waals surface area contributed by atoms with E-state index in [9.17, 15) is 0 Å². The van der Waals surface area contributed by atoms with E-state index in [2.05, 4.69) is 25.8 Å². The molecule has 68 valence electrons. The molecule has 2 aromatic heterocycles. The molecule has 0 radical (unpaired) electrons. The van der Waals surface area contributed by atoms with Crippen LogP contribution in [-0.4, -0.2) is 15.0 Å². The zero-order chi connectivity index (χ0) is 9.26. The first-order valence-corrected chi connectivity index (χ1v) is 3.62. The number of H-pyrrole nitrogens is 1. The summed E-state index contributed by atoms with van der Waals surface area (Å²) in [6, 6.07) is 1.68. The van der Waals surface area contributed by atoms with Crippen LogP contribution in [0.5, 0.6) is 0 Å². The number of imidazole rings is 1. The molecule has 2 aromatic rings. The van der Waals surface area contributed by atoms with E-state index in [1.165, 1.54) is 0 Å². The number of hydrogen-bond donors (Lipinski definition) is 5. The molecule has 0 bridgehead atoms. The molecule has 0 unspecified atom stereocenters. The van der Waals surface area contributed by atoms with Gasteiger partial charge >= 0.3 is 0 Å². The van der Waals surface area contributed by atoms with Gasteiger partial charge in [0.2, 0.25) is 0 Å². The lowest BCUT2D eigenvalue weighted by Gasteiger charge is -2.03. The van der Waals surface area contributed by atoms with Crippen LogP contribution < -0.4 is 22.5 Å². The van der Waals surface area contributed by atoms with Gasteiger partial charge in [0, 0.05) is 6.07 Å². The van der Waals surface area contributed by atoms with Crippen LogP contribution in [0.3, 0.4) is 0 Å². The number of nitrogens with two attached hydrogens (primary N) is 2. The van der Waals surface area contributed by atoms with Crippen molar-refractivity contribution in [2.75, 3.05) is 10.9 Å². The van der Waals surface area contributed by atoms with Gasteiger partial charge in [-0.2, -0.15) is 0 Å². The summed E-state index contributed by atoms with van der Waals surface area (Å²) in [5.41, 5.74) is 6.95. The van der Waals surface area contributed by atoms with Crippen LogP contribution in [0.25, 0.3) is 11.2 Å². The second kappa shape index (κ2) is 2.88. The van der Waals surface area contributed by atoms with Crippen LogP contribution in [0.2, 0.25) is 0 Å². The van der Waals surface area contributed by atoms with Crippen LogP contribution in [0.4, 0.5) is 11.5 Å². The number of nitrogens with one attached hydrogen (secondary N) is 3. The number of aromatic nitrogens is 3. The van der Waals surface area contributed by atoms with Crippen molar-refractivity contribution in [3.63, 3.8) is 0 Å². The topological polar surface area (TPSA) is 118 Å². The largest absolute Gasteiger partial charge is 0.341 e. The van der Waals surface area contributed by atoms with E-state index >= 15 is 0 Å². The minimum absolute atomic E-state index is 0.507. The monoisotopic (exact) mass is 179 g/mol. The van der Waals surface area contributed by atoms with E-state index in [0.29, 0.717) is 17.2 Å². The summed E-state index contributed by atoms with van der Waals surface area (Å²) in [4.78, 5) is 11.0. The Bertz CT molecular complexity index is 420. The first-order chi connectivity index (χ1) is 6.35. The fraction of sp³-hybridized carbons (Fsp3) is 0. The van der Waals surface area contributed by atoms with Gasteiger partial charge in [0.1, 0.15) is 11.3 Å². The molecule has 0 aliphatic rings. The normalized spacial score (nSPS) is 10.3. The Kier molecular flexibility index (Phi) is 1.72. The molecule has 0 fully saturated rings. The molecular weight excluding hydrogens is 170 g/mol. The third-order valence-electron chi connectivity index (χ3n) is 1.70. The molecule has 7 nitrogen and oxygen atoms in total. The molecule has 0 atom stereocenters. The third-order valence-corrected chi connectivity index (χ3v) is 1.70. The summed E-state index contributed by atoms with van der Waals surface area (Å²) in [5.74, 6) is 11.0. The van der Waals surface area contributed by atoms with E-state index in [0.717, 1.165) is 5.52 Å². The van der Waals surface area contributed by atoms with Gasteiger partial charge in [-0.25, -0.2) is 15.8 Å². The summed E-state index contributed by atoms with van der Waals surface area (Å²) in [7, 11) is 0. The van der Waals surface area contributed by atoms with Gasteiger partial charge in [-0.1, -0.05) is 0 Å². The van der Waals surface area contributed by atoms with Gasteiger partial charge in [-0.05, 0) is 0 Å². The molecule has 13 heavy (non-hydrogen) atoms. The summed E-state index contributed by atoms with van der Waals surface area (Å²) >= 11 is 0. The highest BCUT2D eigenvalue weighted by molar-refractivity contribution is 5.86. The summed E-state index contributed by atoms with van der Waals surface area (Å²) in [6.45, 7) is 0. The average molecular weight is 179 g/mol. The smallest absolute Gasteiger partial charge is 0.181 e. The van der Waals surface area contributed by atoms with E-state index < -0.39 is 0 Å². The van der Waals surface area contributed by atoms with Crippen LogP contribution in [0.15, 0.2) is 12.4 Å². The SMILES string of the molecule is NNc1cc(NN)c2[nH]cnc2n1. The number of hydrazine groups is 2. The predicted octanol–water partition coefficient (Wildman–Crippen LogP) is -0.471. The van der Waals surface area contributed by atoms with E-state index in [-0.39, 0.29) is 0 Å². The lowest BCUT2D eigenvalue weighted by Crippen LogP contribution is -2.12. The minimum atomic E-state index is 0.507. The highest BCUT2D eigenvalue weighted by atomic mass is 15.3. The summed E-state index contributed by atoms with van der Waals surface area (Å²) < 4.78 is 0. The van der Waals surface area contributed by atoms with E-state index in [1.54, 1.807) is 12.4 Å². The van der Waals surface area contributed by atoms with Crippen molar-refractivity contribution in [2.24, 2.45) is 11.7 Å². The molecule has 7 heteroatoms. The Hall–Kier alpha value is -1.86. The highest BCUT2D eigenvalue weighted by Crippen LogP contribution is 2.20. The van der Waals surface area contributed by atoms with Crippen molar-refractivity contribution in [1.82, 2.24) is 15.0 Å². The Morgan fingerprint density at radius 3 is 2.85 bits per heavy atom. The minimum Gasteiger partial charge on any atom is -0.341 e. The molecular formula is C6H9N7. The zero-order valence-electron chi connectivity index (χ0n) is 6.70. The van der Waals surface area contributed by atoms with Crippen molar-refractivity contribution < 1.29 is 0 Å². The molecule has 0 amide bonds. The van der Waals surface area contributed by atoms with Gasteiger partial charge in [0.05, 0.1) is 12.0 Å². The molecule has 0 aromatic carbocycles. The van der Waals surface area contributed by atoms with Gasteiger partial charge in [0.25, 0.3) is 0 Å². The number of nitrogens with zero attached hydrogens (tertiary/aromatic N) is 2. The number of aromatic amines is 1. The molecule has 2 rings (SSSR count). The summed E-state index contributed by atoms with van der Waals surface area (Å²) in [5, 5.41) is 0. The number of rotatable bonds is 2. The second-order valence-corrected chi connectivity index (χ2v) is 2.44. The molecule has 0 aliphatic carbocycles. The van der Waals surface area contributed by atoms with Gasteiger partial charge in [0.15, 0.2) is 5.65 Å². The molecule has 0 saturated heterocycles. The van der Waals surface area contributed by atoms with E-state index in [4.69, 9.17) is 11.7 Å². The quantitative estimate of drug-likeness (QED) is 0.314. The van der Waals surface area contributed by atoms with Crippen molar-refractivity contribution in [3.8, 4) is 0 Å². The molecule has 0 aliphatic heterocycles. The maximum atomic E-state index is 5.30. The number of anilines is 2. The second-order valence-electron chi connectivity index (χ2n) is 2.44. The fourth-order valence-corrected chi connectivity index (χ4v) is 1.11. The van der Waals surface area contributed by atoms with Gasteiger partial charge in [-0.3, -0.25) is 5.84 Å². The van der Waals surface area contributed by atoms with Crippen molar-refractivity contribution in [2.45, 2.75) is 0 Å². The number of fused-ring (bicyclic) bond motifs is 1. The Balaban J connectivity index is 2.70. The standard InChI is InChI=1S/C6H9N7/c7-12-3-1-4(13-8)11-6-5(3)9-2-10-6/h1-2H,7-8H2,(H3,9,10,11,12,13). The average Bonchev–Trinajstić information content (AvgIpc) is 2.63. The van der Waals surface area contributed by atoms with Gasteiger partial charge in [-0.15, -0.1) is 0 Å². The molecule has 7 N–H and O–H groups in total. The van der Waals surface area contributed by atoms with Crippen LogP contribution in [-0.2, 0) is 0 Å². The molecule has 0 saturated carbocycles. The van der Waals surface area contributed by atoms with Crippen molar-refractivity contribution in [1.29, 1.82) is 0 Å². The predicted molar refractivity (Wildman–Crippen MR) is 49.5 cm³/mol. The number of nitrogen functional groups attached to an aromatic ring is 2. The van der Waals surface area contributed by atoms with Crippen molar-refractivity contribution in [3.05, 3.63) is 12.4 Å². The first kappa shape index (κ1) is 7.77. The highest BCUT2D eigenvalue weighted by Gasteiger charge is 2.05. The Morgan fingerprint density at radius 2 is 2.15 bits per heavy atom. The van der Waals surface area contributed by atoms with E-state index in [1.807, 2.05) is 0 Å². The lowest BCUT2D eigenvalue weighted by atomic mass is 10.3. The summed E-state index contributed by atoms with van der Waals surface area (Å²) in [6.07, 6.45) is 1.54. The van der Waals surface area contributed by atoms with Crippen LogP contribution in [0, 0.1) is 0 Å². The Morgan fingerprint density at radius 1 is 1.31 bits per heavy atom.